The number of anilines is 1. The van der Waals surface area contributed by atoms with Gasteiger partial charge in [-0.2, -0.15) is 31.4 Å². The average Bonchev–Trinajstić information content (AvgIpc) is 2.58. The number of benzene rings is 2. The van der Waals surface area contributed by atoms with Crippen LogP contribution in [0.5, 0.6) is 0 Å². The first-order valence-electron chi connectivity index (χ1n) is 7.43. The predicted octanol–water partition coefficient (Wildman–Crippen LogP) is 4.89. The largest absolute Gasteiger partial charge is 0.426 e. The van der Waals surface area contributed by atoms with Crippen molar-refractivity contribution in [3.05, 3.63) is 66.0 Å². The van der Waals surface area contributed by atoms with E-state index in [-0.39, 0.29) is 5.56 Å². The van der Waals surface area contributed by atoms with Crippen molar-refractivity contribution in [2.75, 3.05) is 5.43 Å². The summed E-state index contributed by atoms with van der Waals surface area (Å²) < 4.78 is 91.0. The number of halogens is 7. The molecular formula is C17H13F7N2O. The van der Waals surface area contributed by atoms with Crippen molar-refractivity contribution >= 4 is 11.4 Å². The molecule has 0 saturated heterocycles. The molecule has 2 N–H and O–H groups in total. The van der Waals surface area contributed by atoms with Crippen LogP contribution in [0.3, 0.4) is 0 Å². The van der Waals surface area contributed by atoms with Crippen molar-refractivity contribution in [1.29, 1.82) is 0 Å². The third-order valence-electron chi connectivity index (χ3n) is 3.63. The number of hydrogen-bond acceptors (Lipinski definition) is 3. The number of rotatable bonds is 5. The molecule has 0 aliphatic carbocycles. The molecular weight excluding hydrogens is 381 g/mol. The molecule has 0 spiro atoms. The number of para-hydroxylation sites is 1. The van der Waals surface area contributed by atoms with Crippen LogP contribution in [-0.4, -0.2) is 28.8 Å². The van der Waals surface area contributed by atoms with Gasteiger partial charge >= 0.3 is 12.4 Å². The van der Waals surface area contributed by atoms with E-state index in [4.69, 9.17) is 0 Å². The fourth-order valence-electron chi connectivity index (χ4n) is 2.10. The highest BCUT2D eigenvalue weighted by atomic mass is 19.4. The van der Waals surface area contributed by atoms with Gasteiger partial charge < -0.3 is 5.11 Å². The number of aliphatic hydroxyl groups is 1. The van der Waals surface area contributed by atoms with E-state index in [9.17, 15) is 35.8 Å². The molecule has 0 radical (unpaired) electrons. The fraction of sp³-hybridized carbons (Fsp3) is 0.235. The summed E-state index contributed by atoms with van der Waals surface area (Å²) in [4.78, 5) is 0. The molecule has 0 saturated carbocycles. The van der Waals surface area contributed by atoms with Crippen LogP contribution in [0.4, 0.5) is 36.4 Å². The number of alkyl halides is 6. The molecule has 3 nitrogen and oxygen atoms in total. The van der Waals surface area contributed by atoms with Gasteiger partial charge in [0.05, 0.1) is 11.4 Å². The first kappa shape index (κ1) is 20.7. The minimum atomic E-state index is -6.00. The lowest BCUT2D eigenvalue weighted by molar-refractivity contribution is -0.365. The van der Waals surface area contributed by atoms with Crippen molar-refractivity contribution in [3.63, 3.8) is 0 Å². The van der Waals surface area contributed by atoms with Crippen molar-refractivity contribution in [1.82, 2.24) is 0 Å². The molecule has 0 fully saturated rings. The molecule has 146 valence electrons. The third kappa shape index (κ3) is 4.76. The first-order chi connectivity index (χ1) is 12.4. The van der Waals surface area contributed by atoms with Crippen LogP contribution in [0.15, 0.2) is 59.7 Å². The number of hydrazone groups is 1. The summed E-state index contributed by atoms with van der Waals surface area (Å²) in [7, 11) is 0. The van der Waals surface area contributed by atoms with Crippen molar-refractivity contribution in [3.8, 4) is 0 Å². The van der Waals surface area contributed by atoms with E-state index in [1.807, 2.05) is 0 Å². The number of nitrogens with zero attached hydrogens (tertiary/aromatic N) is 1. The lowest BCUT2D eigenvalue weighted by Crippen LogP contribution is -2.58. The zero-order valence-electron chi connectivity index (χ0n) is 13.4. The van der Waals surface area contributed by atoms with E-state index in [2.05, 4.69) is 10.5 Å². The average molecular weight is 394 g/mol. The summed E-state index contributed by atoms with van der Waals surface area (Å²) in [5.41, 5.74) is -3.37. The van der Waals surface area contributed by atoms with E-state index in [0.29, 0.717) is 5.69 Å². The maximum Gasteiger partial charge on any atom is 0.426 e. The summed E-state index contributed by atoms with van der Waals surface area (Å²) in [6, 6.07) is 11.4. The van der Waals surface area contributed by atoms with E-state index in [1.165, 1.54) is 12.1 Å². The van der Waals surface area contributed by atoms with Crippen molar-refractivity contribution < 1.29 is 35.8 Å². The van der Waals surface area contributed by atoms with Crippen LogP contribution < -0.4 is 5.43 Å². The minimum Gasteiger partial charge on any atom is -0.373 e. The van der Waals surface area contributed by atoms with Gasteiger partial charge in [-0.25, -0.2) is 4.39 Å². The molecule has 0 unspecified atom stereocenters. The van der Waals surface area contributed by atoms with Crippen LogP contribution in [0.25, 0.3) is 0 Å². The molecule has 0 aromatic heterocycles. The lowest BCUT2D eigenvalue weighted by atomic mass is 9.92. The van der Waals surface area contributed by atoms with Crippen LogP contribution >= 0.6 is 0 Å². The zero-order valence-corrected chi connectivity index (χ0v) is 13.4. The molecule has 0 heterocycles. The molecule has 10 heteroatoms. The molecule has 0 amide bonds. The van der Waals surface area contributed by atoms with Crippen molar-refractivity contribution in [2.45, 2.75) is 24.4 Å². The SMILES string of the molecule is OC(CC(=NNc1ccccc1)c1ccc(F)cc1)(C(F)(F)F)C(F)(F)F. The summed E-state index contributed by atoms with van der Waals surface area (Å²) >= 11 is 0. The van der Waals surface area contributed by atoms with Crippen molar-refractivity contribution in [2.24, 2.45) is 5.10 Å². The van der Waals surface area contributed by atoms with Gasteiger partial charge in [0.1, 0.15) is 5.82 Å². The Morgan fingerprint density at radius 3 is 1.85 bits per heavy atom. The first-order valence-corrected chi connectivity index (χ1v) is 7.43. The third-order valence-corrected chi connectivity index (χ3v) is 3.63. The molecule has 27 heavy (non-hydrogen) atoms. The quantitative estimate of drug-likeness (QED) is 0.431. The summed E-state index contributed by atoms with van der Waals surface area (Å²) in [6.07, 6.45) is -13.9. The van der Waals surface area contributed by atoms with Gasteiger partial charge in [-0.3, -0.25) is 5.43 Å². The predicted molar refractivity (Wildman–Crippen MR) is 84.7 cm³/mol. The van der Waals surface area contributed by atoms with Gasteiger partial charge in [0.25, 0.3) is 5.60 Å². The standard InChI is InChI=1S/C17H13F7N2O/c18-12-8-6-11(7-9-12)14(26-25-13-4-2-1-3-5-13)10-15(27,16(19,20)21)17(22,23)24/h1-9,25,27H,10H2. The second-order valence-corrected chi connectivity index (χ2v) is 5.58. The van der Waals surface area contributed by atoms with Crippen LogP contribution in [0.2, 0.25) is 0 Å². The minimum absolute atomic E-state index is 0.216. The van der Waals surface area contributed by atoms with Gasteiger partial charge in [0, 0.05) is 6.42 Å². The molecule has 0 aliphatic heterocycles. The smallest absolute Gasteiger partial charge is 0.373 e. The highest BCUT2D eigenvalue weighted by Crippen LogP contribution is 2.45. The monoisotopic (exact) mass is 394 g/mol. The molecule has 2 rings (SSSR count). The Labute approximate surface area is 149 Å². The number of nitrogens with one attached hydrogen (secondary N) is 1. The van der Waals surface area contributed by atoms with Crippen LogP contribution in [0.1, 0.15) is 12.0 Å². The Morgan fingerprint density at radius 1 is 0.852 bits per heavy atom. The van der Waals surface area contributed by atoms with Gasteiger partial charge in [0.15, 0.2) is 0 Å². The molecule has 2 aromatic rings. The highest BCUT2D eigenvalue weighted by molar-refractivity contribution is 6.01. The second-order valence-electron chi connectivity index (χ2n) is 5.58. The van der Waals surface area contributed by atoms with E-state index in [1.54, 1.807) is 18.2 Å². The van der Waals surface area contributed by atoms with Gasteiger partial charge in [-0.15, -0.1) is 0 Å². The highest BCUT2D eigenvalue weighted by Gasteiger charge is 2.70. The molecule has 0 atom stereocenters. The summed E-state index contributed by atoms with van der Waals surface area (Å²) in [5.74, 6) is -0.740. The fourth-order valence-corrected chi connectivity index (χ4v) is 2.10. The summed E-state index contributed by atoms with van der Waals surface area (Å²) in [5, 5.41) is 13.0. The van der Waals surface area contributed by atoms with Crippen LogP contribution in [-0.2, 0) is 0 Å². The topological polar surface area (TPSA) is 44.6 Å². The Balaban J connectivity index is 2.47. The Morgan fingerprint density at radius 2 is 1.37 bits per heavy atom. The van der Waals surface area contributed by atoms with E-state index in [0.717, 1.165) is 24.3 Å². The summed E-state index contributed by atoms with van der Waals surface area (Å²) in [6.45, 7) is 0. The Kier molecular flexibility index (Phi) is 5.79. The second kappa shape index (κ2) is 7.55. The molecule has 0 aliphatic rings. The van der Waals surface area contributed by atoms with E-state index < -0.39 is 35.9 Å². The maximum absolute atomic E-state index is 13.1. The Hall–Kier alpha value is -2.62. The van der Waals surface area contributed by atoms with Gasteiger partial charge in [-0.05, 0) is 29.8 Å². The number of hydrogen-bond donors (Lipinski definition) is 2. The molecule has 0 bridgehead atoms. The van der Waals surface area contributed by atoms with E-state index >= 15 is 0 Å². The Bertz CT molecular complexity index is 770. The van der Waals surface area contributed by atoms with Gasteiger partial charge in [-0.1, -0.05) is 30.3 Å². The van der Waals surface area contributed by atoms with Crippen LogP contribution in [0, 0.1) is 5.82 Å². The van der Waals surface area contributed by atoms with Gasteiger partial charge in [0.2, 0.25) is 0 Å². The lowest BCUT2D eigenvalue weighted by Gasteiger charge is -2.32. The molecule has 2 aromatic carbocycles. The normalized spacial score (nSPS) is 13.6. The maximum atomic E-state index is 13.1. The zero-order chi connectivity index (χ0) is 20.3.